The first-order chi connectivity index (χ1) is 10.9. The van der Waals surface area contributed by atoms with E-state index in [1.54, 1.807) is 0 Å². The van der Waals surface area contributed by atoms with Crippen LogP contribution in [-0.2, 0) is 10.0 Å². The molecule has 1 aromatic rings. The number of piperidine rings is 1. The van der Waals surface area contributed by atoms with Crippen molar-refractivity contribution >= 4 is 15.9 Å². The van der Waals surface area contributed by atoms with Gasteiger partial charge in [0.15, 0.2) is 0 Å². The third-order valence-corrected chi connectivity index (χ3v) is 5.91. The molecule has 1 aliphatic rings. The zero-order valence-electron chi connectivity index (χ0n) is 13.4. The third-order valence-electron chi connectivity index (χ3n) is 3.99. The van der Waals surface area contributed by atoms with Gasteiger partial charge in [-0.15, -0.1) is 0 Å². The van der Waals surface area contributed by atoms with Crippen LogP contribution in [-0.4, -0.2) is 49.5 Å². The molecule has 0 radical (unpaired) electrons. The van der Waals surface area contributed by atoms with Gasteiger partial charge in [-0.25, -0.2) is 8.42 Å². The highest BCUT2D eigenvalue weighted by Gasteiger charge is 2.28. The fraction of sp³-hybridized carbons (Fsp3) is 0.562. The summed E-state index contributed by atoms with van der Waals surface area (Å²) in [6, 6.07) is 6.00. The summed E-state index contributed by atoms with van der Waals surface area (Å²) in [5.74, 6) is -0.191. The van der Waals surface area contributed by atoms with E-state index in [2.05, 4.69) is 5.32 Å². The Bertz CT molecular complexity index is 620. The molecule has 0 saturated carbocycles. The van der Waals surface area contributed by atoms with Crippen molar-refractivity contribution in [2.75, 3.05) is 19.6 Å². The molecular weight excluding hydrogens is 316 g/mol. The van der Waals surface area contributed by atoms with E-state index in [0.717, 1.165) is 12.8 Å². The Balaban J connectivity index is 2.05. The van der Waals surface area contributed by atoms with Gasteiger partial charge >= 0.3 is 0 Å². The molecule has 0 atom stereocenters. The average molecular weight is 340 g/mol. The minimum atomic E-state index is -3.56. The highest BCUT2D eigenvalue weighted by molar-refractivity contribution is 7.89. The Labute approximate surface area is 137 Å². The SMILES string of the molecule is CCCCNC(=O)c1ccc(S(=O)(=O)N2CCC(O)CC2)cc1. The summed E-state index contributed by atoms with van der Waals surface area (Å²) >= 11 is 0. The van der Waals surface area contributed by atoms with Crippen molar-refractivity contribution in [2.24, 2.45) is 0 Å². The summed E-state index contributed by atoms with van der Waals surface area (Å²) in [6.45, 7) is 3.31. The summed E-state index contributed by atoms with van der Waals surface area (Å²) in [4.78, 5) is 12.1. The number of aliphatic hydroxyl groups is 1. The Morgan fingerprint density at radius 1 is 1.26 bits per heavy atom. The van der Waals surface area contributed by atoms with Crippen LogP contribution in [0.2, 0.25) is 0 Å². The van der Waals surface area contributed by atoms with Gasteiger partial charge in [0, 0.05) is 25.2 Å². The standard InChI is InChI=1S/C16H24N2O4S/c1-2-3-10-17-16(20)13-4-6-15(7-5-13)23(21,22)18-11-8-14(19)9-12-18/h4-7,14,19H,2-3,8-12H2,1H3,(H,17,20). The number of carbonyl (C=O) groups is 1. The zero-order valence-corrected chi connectivity index (χ0v) is 14.2. The molecule has 23 heavy (non-hydrogen) atoms. The maximum atomic E-state index is 12.5. The van der Waals surface area contributed by atoms with Crippen LogP contribution in [0.3, 0.4) is 0 Å². The van der Waals surface area contributed by atoms with Crippen LogP contribution in [0, 0.1) is 0 Å². The molecular formula is C16H24N2O4S. The Kier molecular flexibility index (Phi) is 6.15. The fourth-order valence-electron chi connectivity index (χ4n) is 2.49. The number of nitrogens with one attached hydrogen (secondary N) is 1. The third kappa shape index (κ3) is 4.53. The van der Waals surface area contributed by atoms with E-state index in [-0.39, 0.29) is 10.8 Å². The van der Waals surface area contributed by atoms with Gasteiger partial charge in [0.05, 0.1) is 11.0 Å². The summed E-state index contributed by atoms with van der Waals surface area (Å²) in [5.41, 5.74) is 0.453. The average Bonchev–Trinajstić information content (AvgIpc) is 2.55. The fourth-order valence-corrected chi connectivity index (χ4v) is 3.96. The highest BCUT2D eigenvalue weighted by Crippen LogP contribution is 2.21. The predicted molar refractivity (Wildman–Crippen MR) is 87.7 cm³/mol. The number of unbranched alkanes of at least 4 members (excludes halogenated alkanes) is 1. The molecule has 1 aromatic carbocycles. The van der Waals surface area contributed by atoms with E-state index in [9.17, 15) is 18.3 Å². The topological polar surface area (TPSA) is 86.7 Å². The molecule has 2 N–H and O–H groups in total. The van der Waals surface area contributed by atoms with Crippen LogP contribution in [0.5, 0.6) is 0 Å². The molecule has 1 fully saturated rings. The lowest BCUT2D eigenvalue weighted by atomic mass is 10.1. The van der Waals surface area contributed by atoms with Gasteiger partial charge in [0.2, 0.25) is 10.0 Å². The molecule has 0 bridgehead atoms. The lowest BCUT2D eigenvalue weighted by Gasteiger charge is -2.28. The predicted octanol–water partition coefficient (Wildman–Crippen LogP) is 1.36. The molecule has 6 nitrogen and oxygen atoms in total. The molecule has 1 amide bonds. The van der Waals surface area contributed by atoms with Crippen LogP contribution >= 0.6 is 0 Å². The van der Waals surface area contributed by atoms with Crippen LogP contribution in [0.15, 0.2) is 29.2 Å². The zero-order chi connectivity index (χ0) is 16.9. The molecule has 0 spiro atoms. The van der Waals surface area contributed by atoms with Gasteiger partial charge in [-0.05, 0) is 43.5 Å². The Hall–Kier alpha value is -1.44. The quantitative estimate of drug-likeness (QED) is 0.766. The summed E-state index contributed by atoms with van der Waals surface area (Å²) in [6.07, 6.45) is 2.41. The smallest absolute Gasteiger partial charge is 0.251 e. The van der Waals surface area contributed by atoms with Crippen LogP contribution in [0.25, 0.3) is 0 Å². The van der Waals surface area contributed by atoms with E-state index >= 15 is 0 Å². The number of sulfonamides is 1. The number of nitrogens with zero attached hydrogens (tertiary/aromatic N) is 1. The number of carbonyl (C=O) groups excluding carboxylic acids is 1. The lowest BCUT2D eigenvalue weighted by Crippen LogP contribution is -2.40. The van der Waals surface area contributed by atoms with E-state index in [4.69, 9.17) is 0 Å². The Morgan fingerprint density at radius 3 is 2.43 bits per heavy atom. The first-order valence-corrected chi connectivity index (χ1v) is 9.45. The van der Waals surface area contributed by atoms with Crippen molar-refractivity contribution in [2.45, 2.75) is 43.6 Å². The van der Waals surface area contributed by atoms with Crippen LogP contribution in [0.1, 0.15) is 43.0 Å². The number of hydrogen-bond acceptors (Lipinski definition) is 4. The molecule has 1 heterocycles. The number of hydrogen-bond donors (Lipinski definition) is 2. The van der Waals surface area contributed by atoms with Gasteiger partial charge in [0.1, 0.15) is 0 Å². The van der Waals surface area contributed by atoms with Crippen molar-refractivity contribution in [1.82, 2.24) is 9.62 Å². The van der Waals surface area contributed by atoms with Crippen LogP contribution in [0.4, 0.5) is 0 Å². The van der Waals surface area contributed by atoms with Crippen molar-refractivity contribution < 1.29 is 18.3 Å². The van der Waals surface area contributed by atoms with Crippen molar-refractivity contribution in [3.8, 4) is 0 Å². The monoisotopic (exact) mass is 340 g/mol. The summed E-state index contributed by atoms with van der Waals surface area (Å²) in [7, 11) is -3.56. The summed E-state index contributed by atoms with van der Waals surface area (Å²) < 4.78 is 26.4. The van der Waals surface area contributed by atoms with Crippen LogP contribution < -0.4 is 5.32 Å². The van der Waals surface area contributed by atoms with E-state index in [1.165, 1.54) is 28.6 Å². The van der Waals surface area contributed by atoms with E-state index in [0.29, 0.717) is 38.0 Å². The van der Waals surface area contributed by atoms with E-state index < -0.39 is 16.1 Å². The molecule has 0 unspecified atom stereocenters. The summed E-state index contributed by atoms with van der Waals surface area (Å²) in [5, 5.41) is 12.3. The maximum absolute atomic E-state index is 12.5. The second-order valence-electron chi connectivity index (χ2n) is 5.77. The molecule has 7 heteroatoms. The number of aliphatic hydroxyl groups excluding tert-OH is 1. The number of amides is 1. The maximum Gasteiger partial charge on any atom is 0.251 e. The van der Waals surface area contributed by atoms with Gasteiger partial charge in [-0.2, -0.15) is 4.31 Å². The molecule has 1 saturated heterocycles. The second-order valence-corrected chi connectivity index (χ2v) is 7.71. The largest absolute Gasteiger partial charge is 0.393 e. The number of rotatable bonds is 6. The van der Waals surface area contributed by atoms with Crippen molar-refractivity contribution in [3.63, 3.8) is 0 Å². The molecule has 1 aliphatic heterocycles. The minimum absolute atomic E-state index is 0.180. The molecule has 128 valence electrons. The number of benzene rings is 1. The first kappa shape index (κ1) is 17.9. The van der Waals surface area contributed by atoms with Gasteiger partial charge in [-0.3, -0.25) is 4.79 Å². The van der Waals surface area contributed by atoms with Gasteiger partial charge < -0.3 is 10.4 Å². The molecule has 0 aromatic heterocycles. The second kappa shape index (κ2) is 7.90. The normalized spacial score (nSPS) is 17.1. The van der Waals surface area contributed by atoms with Gasteiger partial charge in [-0.1, -0.05) is 13.3 Å². The minimum Gasteiger partial charge on any atom is -0.393 e. The van der Waals surface area contributed by atoms with Crippen molar-refractivity contribution in [3.05, 3.63) is 29.8 Å². The molecule has 2 rings (SSSR count). The van der Waals surface area contributed by atoms with Gasteiger partial charge in [0.25, 0.3) is 5.91 Å². The highest BCUT2D eigenvalue weighted by atomic mass is 32.2. The van der Waals surface area contributed by atoms with E-state index in [1.807, 2.05) is 6.92 Å². The van der Waals surface area contributed by atoms with Crippen molar-refractivity contribution in [1.29, 1.82) is 0 Å². The Morgan fingerprint density at radius 2 is 1.87 bits per heavy atom. The lowest BCUT2D eigenvalue weighted by molar-refractivity contribution is 0.0952. The molecule has 0 aliphatic carbocycles. The first-order valence-electron chi connectivity index (χ1n) is 8.01.